The average molecular weight is 221 g/mol. The Balaban J connectivity index is 2.24. The second kappa shape index (κ2) is 5.14. The molecule has 0 radical (unpaired) electrons. The van der Waals surface area contributed by atoms with Crippen LogP contribution in [0.5, 0.6) is 5.88 Å². The molecule has 1 heterocycles. The number of nitrogens with zero attached hydrogens (tertiary/aromatic N) is 2. The summed E-state index contributed by atoms with van der Waals surface area (Å²) in [5, 5.41) is 3.05. The molecular formula is C12H19N3O. The largest absolute Gasteiger partial charge is 0.481 e. The molecule has 1 aliphatic rings. The molecule has 4 nitrogen and oxygen atoms in total. The van der Waals surface area contributed by atoms with Gasteiger partial charge in [0.2, 0.25) is 5.88 Å². The summed E-state index contributed by atoms with van der Waals surface area (Å²) in [7, 11) is 3.51. The summed E-state index contributed by atoms with van der Waals surface area (Å²) >= 11 is 0. The molecule has 1 aromatic heterocycles. The first kappa shape index (κ1) is 11.2. The molecule has 1 N–H and O–H groups in total. The minimum atomic E-state index is 0.510. The van der Waals surface area contributed by atoms with Crippen LogP contribution in [-0.2, 0) is 0 Å². The molecule has 0 amide bonds. The summed E-state index contributed by atoms with van der Waals surface area (Å²) in [4.78, 5) is 8.97. The van der Waals surface area contributed by atoms with Crippen LogP contribution in [0.3, 0.4) is 0 Å². The number of ether oxygens (including phenoxy) is 1. The fourth-order valence-corrected chi connectivity index (χ4v) is 2.22. The maximum Gasteiger partial charge on any atom is 0.218 e. The van der Waals surface area contributed by atoms with Gasteiger partial charge in [-0.3, -0.25) is 0 Å². The van der Waals surface area contributed by atoms with E-state index in [9.17, 15) is 0 Å². The number of rotatable bonds is 3. The van der Waals surface area contributed by atoms with Gasteiger partial charge in [0.25, 0.3) is 0 Å². The van der Waals surface area contributed by atoms with Crippen LogP contribution in [0, 0.1) is 0 Å². The van der Waals surface area contributed by atoms with E-state index in [1.165, 1.54) is 32.1 Å². The SMILES string of the molecule is CNc1cc(OC)nc(C2CCCCC2)n1. The normalized spacial score (nSPS) is 17.1. The zero-order valence-corrected chi connectivity index (χ0v) is 9.99. The Morgan fingerprint density at radius 1 is 1.25 bits per heavy atom. The van der Waals surface area contributed by atoms with E-state index in [1.807, 2.05) is 13.1 Å². The second-order valence-electron chi connectivity index (χ2n) is 4.24. The quantitative estimate of drug-likeness (QED) is 0.852. The number of aromatic nitrogens is 2. The summed E-state index contributed by atoms with van der Waals surface area (Å²) in [6, 6.07) is 1.83. The molecule has 1 fully saturated rings. The molecule has 1 aromatic rings. The Hall–Kier alpha value is -1.32. The molecule has 0 aliphatic heterocycles. The Bertz CT molecular complexity index is 326. The molecule has 16 heavy (non-hydrogen) atoms. The Kier molecular flexibility index (Phi) is 3.59. The molecular weight excluding hydrogens is 202 g/mol. The van der Waals surface area contributed by atoms with E-state index >= 15 is 0 Å². The van der Waals surface area contributed by atoms with Crippen LogP contribution >= 0.6 is 0 Å². The van der Waals surface area contributed by atoms with Gasteiger partial charge in [0.05, 0.1) is 7.11 Å². The van der Waals surface area contributed by atoms with Gasteiger partial charge in [0.1, 0.15) is 11.6 Å². The zero-order chi connectivity index (χ0) is 11.4. The number of methoxy groups -OCH3 is 1. The van der Waals surface area contributed by atoms with Crippen molar-refractivity contribution in [1.82, 2.24) is 9.97 Å². The molecule has 0 bridgehead atoms. The van der Waals surface area contributed by atoms with Crippen molar-refractivity contribution in [3.8, 4) is 5.88 Å². The van der Waals surface area contributed by atoms with E-state index in [2.05, 4.69) is 15.3 Å². The van der Waals surface area contributed by atoms with Gasteiger partial charge in [-0.2, -0.15) is 4.98 Å². The number of hydrogen-bond acceptors (Lipinski definition) is 4. The molecule has 0 unspecified atom stereocenters. The van der Waals surface area contributed by atoms with Gasteiger partial charge in [0.15, 0.2) is 0 Å². The lowest BCUT2D eigenvalue weighted by Crippen LogP contribution is -2.10. The van der Waals surface area contributed by atoms with E-state index in [0.717, 1.165) is 11.6 Å². The lowest BCUT2D eigenvalue weighted by atomic mass is 9.89. The van der Waals surface area contributed by atoms with Gasteiger partial charge in [-0.25, -0.2) is 4.98 Å². The molecule has 0 spiro atoms. The molecule has 1 saturated carbocycles. The fraction of sp³-hybridized carbons (Fsp3) is 0.667. The predicted molar refractivity (Wildman–Crippen MR) is 64.0 cm³/mol. The third-order valence-corrected chi connectivity index (χ3v) is 3.16. The van der Waals surface area contributed by atoms with Crippen molar-refractivity contribution in [2.24, 2.45) is 0 Å². The van der Waals surface area contributed by atoms with E-state index in [4.69, 9.17) is 4.74 Å². The Labute approximate surface area is 96.4 Å². The average Bonchev–Trinajstić information content (AvgIpc) is 2.39. The molecule has 0 saturated heterocycles. The lowest BCUT2D eigenvalue weighted by Gasteiger charge is -2.20. The number of hydrogen-bond donors (Lipinski definition) is 1. The number of nitrogens with one attached hydrogen (secondary N) is 1. The smallest absolute Gasteiger partial charge is 0.218 e. The van der Waals surface area contributed by atoms with Crippen LogP contribution in [-0.4, -0.2) is 24.1 Å². The first-order valence-electron chi connectivity index (χ1n) is 5.94. The van der Waals surface area contributed by atoms with Crippen LogP contribution in [0.15, 0.2) is 6.07 Å². The van der Waals surface area contributed by atoms with Gasteiger partial charge < -0.3 is 10.1 Å². The van der Waals surface area contributed by atoms with Crippen molar-refractivity contribution in [1.29, 1.82) is 0 Å². The van der Waals surface area contributed by atoms with E-state index in [-0.39, 0.29) is 0 Å². The zero-order valence-electron chi connectivity index (χ0n) is 9.99. The van der Waals surface area contributed by atoms with Crippen LogP contribution < -0.4 is 10.1 Å². The molecule has 2 rings (SSSR count). The first-order chi connectivity index (χ1) is 7.83. The van der Waals surface area contributed by atoms with Crippen molar-refractivity contribution < 1.29 is 4.74 Å². The molecule has 88 valence electrons. The van der Waals surface area contributed by atoms with Gasteiger partial charge in [-0.05, 0) is 12.8 Å². The summed E-state index contributed by atoms with van der Waals surface area (Å²) in [5.74, 6) is 2.94. The number of anilines is 1. The van der Waals surface area contributed by atoms with Crippen molar-refractivity contribution >= 4 is 5.82 Å². The summed E-state index contributed by atoms with van der Waals surface area (Å²) in [6.07, 6.45) is 6.34. The highest BCUT2D eigenvalue weighted by atomic mass is 16.5. The van der Waals surface area contributed by atoms with E-state index in [0.29, 0.717) is 11.8 Å². The minimum absolute atomic E-state index is 0.510. The van der Waals surface area contributed by atoms with Gasteiger partial charge in [0, 0.05) is 19.0 Å². The summed E-state index contributed by atoms with van der Waals surface area (Å²) in [5.41, 5.74) is 0. The van der Waals surface area contributed by atoms with E-state index in [1.54, 1.807) is 7.11 Å². The van der Waals surface area contributed by atoms with Gasteiger partial charge >= 0.3 is 0 Å². The molecule has 0 atom stereocenters. The fourth-order valence-electron chi connectivity index (χ4n) is 2.22. The van der Waals surface area contributed by atoms with Crippen molar-refractivity contribution in [3.63, 3.8) is 0 Å². The highest BCUT2D eigenvalue weighted by Gasteiger charge is 2.19. The van der Waals surface area contributed by atoms with Crippen LogP contribution in [0.1, 0.15) is 43.8 Å². The van der Waals surface area contributed by atoms with Crippen LogP contribution in [0.2, 0.25) is 0 Å². The van der Waals surface area contributed by atoms with Crippen LogP contribution in [0.25, 0.3) is 0 Å². The van der Waals surface area contributed by atoms with Crippen LogP contribution in [0.4, 0.5) is 5.82 Å². The molecule has 0 aromatic carbocycles. The van der Waals surface area contributed by atoms with Crippen molar-refractivity contribution in [3.05, 3.63) is 11.9 Å². The van der Waals surface area contributed by atoms with Crippen molar-refractivity contribution in [2.45, 2.75) is 38.0 Å². The van der Waals surface area contributed by atoms with E-state index < -0.39 is 0 Å². The topological polar surface area (TPSA) is 47.0 Å². The monoisotopic (exact) mass is 221 g/mol. The third kappa shape index (κ3) is 2.43. The maximum atomic E-state index is 5.20. The third-order valence-electron chi connectivity index (χ3n) is 3.16. The highest BCUT2D eigenvalue weighted by Crippen LogP contribution is 2.31. The summed E-state index contributed by atoms with van der Waals surface area (Å²) < 4.78 is 5.20. The Morgan fingerprint density at radius 2 is 2.00 bits per heavy atom. The highest BCUT2D eigenvalue weighted by molar-refractivity contribution is 5.38. The first-order valence-corrected chi connectivity index (χ1v) is 5.94. The lowest BCUT2D eigenvalue weighted by molar-refractivity contribution is 0.383. The maximum absolute atomic E-state index is 5.20. The molecule has 4 heteroatoms. The van der Waals surface area contributed by atoms with Gasteiger partial charge in [-0.15, -0.1) is 0 Å². The standard InChI is InChI=1S/C12H19N3O/c1-13-10-8-11(16-2)15-12(14-10)9-6-4-3-5-7-9/h8-9H,3-7H2,1-2H3,(H,13,14,15). The Morgan fingerprint density at radius 3 is 2.62 bits per heavy atom. The van der Waals surface area contributed by atoms with Gasteiger partial charge in [-0.1, -0.05) is 19.3 Å². The summed E-state index contributed by atoms with van der Waals surface area (Å²) in [6.45, 7) is 0. The second-order valence-corrected chi connectivity index (χ2v) is 4.24. The minimum Gasteiger partial charge on any atom is -0.481 e. The predicted octanol–water partition coefficient (Wildman–Crippen LogP) is 2.57. The van der Waals surface area contributed by atoms with Crippen molar-refractivity contribution in [2.75, 3.05) is 19.5 Å². The molecule has 1 aliphatic carbocycles.